The van der Waals surface area contributed by atoms with E-state index < -0.39 is 0 Å². The van der Waals surface area contributed by atoms with Gasteiger partial charge in [0.2, 0.25) is 5.91 Å². The first-order valence-corrected chi connectivity index (χ1v) is 6.34. The van der Waals surface area contributed by atoms with Crippen LogP contribution in [0, 0.1) is 5.41 Å². The minimum Gasteiger partial charge on any atom is -0.326 e. The van der Waals surface area contributed by atoms with Crippen LogP contribution in [0.1, 0.15) is 47.5 Å². The second-order valence-electron chi connectivity index (χ2n) is 4.76. The Bertz CT molecular complexity index is 317. The minimum absolute atomic E-state index is 0.0752. The highest BCUT2D eigenvalue weighted by molar-refractivity contribution is 5.94. The Kier molecular flexibility index (Phi) is 7.27. The van der Waals surface area contributed by atoms with Gasteiger partial charge in [-0.3, -0.25) is 4.79 Å². The number of hydrogen-bond acceptors (Lipinski definition) is 1. The van der Waals surface area contributed by atoms with Crippen molar-refractivity contribution in [3.05, 3.63) is 30.3 Å². The smallest absolute Gasteiger partial charge is 0.230 e. The first kappa shape index (κ1) is 15.7. The fourth-order valence-electron chi connectivity index (χ4n) is 0.982. The molecule has 1 aromatic rings. The van der Waals surface area contributed by atoms with Gasteiger partial charge in [-0.05, 0) is 18.6 Å². The maximum atomic E-state index is 11.8. The van der Waals surface area contributed by atoms with E-state index in [4.69, 9.17) is 0 Å². The van der Waals surface area contributed by atoms with E-state index in [2.05, 4.69) is 19.2 Å². The summed E-state index contributed by atoms with van der Waals surface area (Å²) in [6.45, 7) is 10.2. The molecule has 0 saturated carbocycles. The van der Waals surface area contributed by atoms with Crippen molar-refractivity contribution in [2.24, 2.45) is 5.41 Å². The van der Waals surface area contributed by atoms with Gasteiger partial charge in [-0.1, -0.05) is 59.2 Å². The molecule has 0 aliphatic rings. The number of para-hydroxylation sites is 1. The molecule has 0 aromatic heterocycles. The van der Waals surface area contributed by atoms with Crippen molar-refractivity contribution >= 4 is 11.6 Å². The summed E-state index contributed by atoms with van der Waals surface area (Å²) in [5, 5.41) is 2.89. The molecular formula is C15H25NO. The summed E-state index contributed by atoms with van der Waals surface area (Å²) in [5.41, 5.74) is 0.564. The quantitative estimate of drug-likeness (QED) is 0.822. The second-order valence-corrected chi connectivity index (χ2v) is 4.76. The zero-order valence-corrected chi connectivity index (χ0v) is 11.7. The second kappa shape index (κ2) is 7.88. The Labute approximate surface area is 105 Å². The predicted octanol–water partition coefficient (Wildman–Crippen LogP) is 4.48. The van der Waals surface area contributed by atoms with Gasteiger partial charge in [0.25, 0.3) is 0 Å². The summed E-state index contributed by atoms with van der Waals surface area (Å²) >= 11 is 0. The molecule has 1 N–H and O–H groups in total. The third-order valence-corrected chi connectivity index (χ3v) is 2.53. The molecule has 0 fully saturated rings. The first-order chi connectivity index (χ1) is 7.97. The molecule has 0 bridgehead atoms. The normalized spacial score (nSPS) is 10.2. The Morgan fingerprint density at radius 2 is 1.59 bits per heavy atom. The molecule has 0 heterocycles. The van der Waals surface area contributed by atoms with Gasteiger partial charge >= 0.3 is 0 Å². The highest BCUT2D eigenvalue weighted by Gasteiger charge is 2.24. The molecule has 0 unspecified atom stereocenters. The first-order valence-electron chi connectivity index (χ1n) is 6.34. The molecule has 96 valence electrons. The molecule has 0 aliphatic carbocycles. The van der Waals surface area contributed by atoms with Crippen molar-refractivity contribution in [2.75, 3.05) is 5.32 Å². The summed E-state index contributed by atoms with van der Waals surface area (Å²) in [4.78, 5) is 11.8. The number of carbonyl (C=O) groups excluding carboxylic acids is 1. The van der Waals surface area contributed by atoms with Crippen LogP contribution in [-0.2, 0) is 4.79 Å². The van der Waals surface area contributed by atoms with Crippen LogP contribution in [0.15, 0.2) is 30.3 Å². The Morgan fingerprint density at radius 1 is 1.12 bits per heavy atom. The summed E-state index contributed by atoms with van der Waals surface area (Å²) in [7, 11) is 0. The maximum absolute atomic E-state index is 11.8. The fourth-order valence-corrected chi connectivity index (χ4v) is 0.982. The molecule has 0 aliphatic heterocycles. The van der Waals surface area contributed by atoms with Crippen molar-refractivity contribution in [1.29, 1.82) is 0 Å². The molecule has 0 saturated heterocycles. The van der Waals surface area contributed by atoms with Crippen LogP contribution in [0.5, 0.6) is 0 Å². The minimum atomic E-state index is -0.296. The summed E-state index contributed by atoms with van der Waals surface area (Å²) in [6, 6.07) is 9.54. The SMILES string of the molecule is CCC.CCC(C)(C)C(=O)Nc1ccccc1. The molecule has 1 aromatic carbocycles. The van der Waals surface area contributed by atoms with Crippen LogP contribution in [0.4, 0.5) is 5.69 Å². The van der Waals surface area contributed by atoms with Gasteiger partial charge in [-0.25, -0.2) is 0 Å². The average Bonchev–Trinajstić information content (AvgIpc) is 2.31. The largest absolute Gasteiger partial charge is 0.326 e. The lowest BCUT2D eigenvalue weighted by Gasteiger charge is -2.21. The van der Waals surface area contributed by atoms with Gasteiger partial charge in [0, 0.05) is 11.1 Å². The van der Waals surface area contributed by atoms with Gasteiger partial charge in [-0.15, -0.1) is 0 Å². The summed E-state index contributed by atoms with van der Waals surface area (Å²) in [5.74, 6) is 0.0752. The highest BCUT2D eigenvalue weighted by Crippen LogP contribution is 2.21. The zero-order valence-electron chi connectivity index (χ0n) is 11.7. The lowest BCUT2D eigenvalue weighted by molar-refractivity contribution is -0.124. The molecule has 2 nitrogen and oxygen atoms in total. The van der Waals surface area contributed by atoms with Gasteiger partial charge in [-0.2, -0.15) is 0 Å². The monoisotopic (exact) mass is 235 g/mol. The Morgan fingerprint density at radius 3 is 2.00 bits per heavy atom. The van der Waals surface area contributed by atoms with Crippen LogP contribution >= 0.6 is 0 Å². The van der Waals surface area contributed by atoms with Gasteiger partial charge in [0.1, 0.15) is 0 Å². The van der Waals surface area contributed by atoms with Crippen molar-refractivity contribution in [3.63, 3.8) is 0 Å². The lowest BCUT2D eigenvalue weighted by Crippen LogP contribution is -2.29. The van der Waals surface area contributed by atoms with Crippen molar-refractivity contribution < 1.29 is 4.79 Å². The van der Waals surface area contributed by atoms with E-state index in [9.17, 15) is 4.79 Å². The van der Waals surface area contributed by atoms with Crippen LogP contribution < -0.4 is 5.32 Å². The third kappa shape index (κ3) is 6.10. The van der Waals surface area contributed by atoms with Gasteiger partial charge < -0.3 is 5.32 Å². The topological polar surface area (TPSA) is 29.1 Å². The number of anilines is 1. The Hall–Kier alpha value is -1.31. The molecule has 0 atom stereocenters. The van der Waals surface area contributed by atoms with Crippen molar-refractivity contribution in [3.8, 4) is 0 Å². The molecule has 17 heavy (non-hydrogen) atoms. The van der Waals surface area contributed by atoms with Crippen LogP contribution in [0.2, 0.25) is 0 Å². The number of amides is 1. The number of benzene rings is 1. The van der Waals surface area contributed by atoms with Gasteiger partial charge in [0.15, 0.2) is 0 Å². The number of nitrogens with one attached hydrogen (secondary N) is 1. The Balaban J connectivity index is 0.000000770. The van der Waals surface area contributed by atoms with E-state index in [1.54, 1.807) is 0 Å². The van der Waals surface area contributed by atoms with E-state index >= 15 is 0 Å². The third-order valence-electron chi connectivity index (χ3n) is 2.53. The number of rotatable bonds is 3. The van der Waals surface area contributed by atoms with E-state index in [0.717, 1.165) is 12.1 Å². The van der Waals surface area contributed by atoms with E-state index in [1.807, 2.05) is 51.1 Å². The number of carbonyl (C=O) groups is 1. The molecular weight excluding hydrogens is 210 g/mol. The van der Waals surface area contributed by atoms with Crippen molar-refractivity contribution in [1.82, 2.24) is 0 Å². The van der Waals surface area contributed by atoms with Crippen LogP contribution in [-0.4, -0.2) is 5.91 Å². The molecule has 1 amide bonds. The summed E-state index contributed by atoms with van der Waals surface area (Å²) < 4.78 is 0. The van der Waals surface area contributed by atoms with E-state index in [0.29, 0.717) is 0 Å². The molecule has 0 spiro atoms. The standard InChI is InChI=1S/C12H17NO.C3H8/c1-4-12(2,3)11(14)13-10-8-6-5-7-9-10;1-3-2/h5-9H,4H2,1-3H3,(H,13,14);3H2,1-2H3. The maximum Gasteiger partial charge on any atom is 0.230 e. The highest BCUT2D eigenvalue weighted by atomic mass is 16.2. The van der Waals surface area contributed by atoms with E-state index in [1.165, 1.54) is 6.42 Å². The average molecular weight is 235 g/mol. The lowest BCUT2D eigenvalue weighted by atomic mass is 9.89. The summed E-state index contributed by atoms with van der Waals surface area (Å²) in [6.07, 6.45) is 2.09. The molecule has 2 heteroatoms. The zero-order chi connectivity index (χ0) is 13.3. The molecule has 0 radical (unpaired) electrons. The fraction of sp³-hybridized carbons (Fsp3) is 0.533. The van der Waals surface area contributed by atoms with Gasteiger partial charge in [0.05, 0.1) is 0 Å². The van der Waals surface area contributed by atoms with E-state index in [-0.39, 0.29) is 11.3 Å². The predicted molar refractivity (Wildman–Crippen MR) is 75.1 cm³/mol. The number of hydrogen-bond donors (Lipinski definition) is 1. The molecule has 1 rings (SSSR count). The van der Waals surface area contributed by atoms with Crippen LogP contribution in [0.25, 0.3) is 0 Å². The van der Waals surface area contributed by atoms with Crippen LogP contribution in [0.3, 0.4) is 0 Å². The van der Waals surface area contributed by atoms with Crippen molar-refractivity contribution in [2.45, 2.75) is 47.5 Å².